The lowest BCUT2D eigenvalue weighted by Crippen LogP contribution is -2.13. The minimum absolute atomic E-state index is 0.206. The lowest BCUT2D eigenvalue weighted by atomic mass is 10.2. The number of thiocarbonyl (C=S) groups is 1. The van der Waals surface area contributed by atoms with Crippen LogP contribution in [-0.2, 0) is 16.4 Å². The van der Waals surface area contributed by atoms with Crippen LogP contribution in [0.2, 0.25) is 0 Å². The van der Waals surface area contributed by atoms with Gasteiger partial charge in [0, 0.05) is 19.0 Å². The first-order chi connectivity index (χ1) is 9.86. The van der Waals surface area contributed by atoms with E-state index in [0.717, 1.165) is 5.56 Å². The van der Waals surface area contributed by atoms with Crippen LogP contribution < -0.4 is 11.1 Å². The van der Waals surface area contributed by atoms with E-state index in [1.165, 1.54) is 6.26 Å². The first kappa shape index (κ1) is 15.3. The molecule has 110 valence electrons. The summed E-state index contributed by atoms with van der Waals surface area (Å²) in [7, 11) is -3.18. The van der Waals surface area contributed by atoms with Gasteiger partial charge in [-0.15, -0.1) is 0 Å². The van der Waals surface area contributed by atoms with Gasteiger partial charge in [0.05, 0.1) is 4.90 Å². The molecule has 8 heteroatoms. The Kier molecular flexibility index (Phi) is 4.49. The van der Waals surface area contributed by atoms with Crippen LogP contribution >= 0.6 is 12.2 Å². The average molecular weight is 322 g/mol. The number of hydrogen-bond donors (Lipinski definition) is 2. The number of nitrogens with two attached hydrogens (primary N) is 1. The number of hydrogen-bond acceptors (Lipinski definition) is 6. The molecule has 6 nitrogen and oxygen atoms in total. The summed E-state index contributed by atoms with van der Waals surface area (Å²) in [6.45, 7) is 0.463. The van der Waals surface area contributed by atoms with E-state index in [9.17, 15) is 8.42 Å². The topological polar surface area (TPSA) is 98.0 Å². The molecule has 0 bridgehead atoms. The van der Waals surface area contributed by atoms with Crippen molar-refractivity contribution in [3.05, 3.63) is 47.8 Å². The molecule has 2 rings (SSSR count). The Morgan fingerprint density at radius 3 is 2.52 bits per heavy atom. The fourth-order valence-electron chi connectivity index (χ4n) is 1.62. The van der Waals surface area contributed by atoms with Gasteiger partial charge in [-0.25, -0.2) is 18.4 Å². The van der Waals surface area contributed by atoms with E-state index in [1.54, 1.807) is 36.5 Å². The van der Waals surface area contributed by atoms with Gasteiger partial charge in [0.15, 0.2) is 9.84 Å². The highest BCUT2D eigenvalue weighted by Crippen LogP contribution is 2.11. The molecule has 0 aliphatic carbocycles. The summed E-state index contributed by atoms with van der Waals surface area (Å²) in [5.41, 5.74) is 6.91. The molecule has 0 spiro atoms. The largest absolute Gasteiger partial charge is 0.388 e. The second kappa shape index (κ2) is 6.15. The SMILES string of the molecule is CS(=O)(=O)c1ccc(CNc2nccc(C(N)=S)n2)cc1. The number of nitrogens with one attached hydrogen (secondary N) is 1. The number of aromatic nitrogens is 2. The third kappa shape index (κ3) is 4.20. The summed E-state index contributed by atoms with van der Waals surface area (Å²) in [5.74, 6) is 0.410. The monoisotopic (exact) mass is 322 g/mol. The Morgan fingerprint density at radius 1 is 1.29 bits per heavy atom. The molecule has 1 heterocycles. The van der Waals surface area contributed by atoms with Gasteiger partial charge in [0.2, 0.25) is 5.95 Å². The van der Waals surface area contributed by atoms with Crippen LogP contribution in [0.4, 0.5) is 5.95 Å². The molecular formula is C13H14N4O2S2. The number of anilines is 1. The third-order valence-corrected chi connectivity index (χ3v) is 4.05. The number of benzene rings is 1. The number of rotatable bonds is 5. The molecule has 0 fully saturated rings. The van der Waals surface area contributed by atoms with Crippen molar-refractivity contribution >= 4 is 33.0 Å². The molecule has 0 atom stereocenters. The van der Waals surface area contributed by atoms with E-state index in [-0.39, 0.29) is 9.88 Å². The van der Waals surface area contributed by atoms with Crippen LogP contribution in [0.25, 0.3) is 0 Å². The lowest BCUT2D eigenvalue weighted by Gasteiger charge is -2.06. The molecule has 0 aliphatic heterocycles. The Morgan fingerprint density at radius 2 is 1.95 bits per heavy atom. The molecule has 2 aromatic rings. The molecule has 0 radical (unpaired) electrons. The molecule has 0 saturated carbocycles. The van der Waals surface area contributed by atoms with Gasteiger partial charge < -0.3 is 11.1 Å². The van der Waals surface area contributed by atoms with Crippen molar-refractivity contribution < 1.29 is 8.42 Å². The molecule has 0 amide bonds. The predicted octanol–water partition coefficient (Wildman–Crippen LogP) is 1.13. The predicted molar refractivity (Wildman–Crippen MR) is 84.8 cm³/mol. The summed E-state index contributed by atoms with van der Waals surface area (Å²) in [6.07, 6.45) is 2.74. The highest BCUT2D eigenvalue weighted by molar-refractivity contribution is 7.90. The zero-order valence-electron chi connectivity index (χ0n) is 11.3. The number of sulfone groups is 1. The van der Waals surface area contributed by atoms with Crippen LogP contribution in [-0.4, -0.2) is 29.6 Å². The van der Waals surface area contributed by atoms with E-state index in [0.29, 0.717) is 18.2 Å². The van der Waals surface area contributed by atoms with Crippen molar-refractivity contribution in [3.8, 4) is 0 Å². The summed E-state index contributed by atoms with van der Waals surface area (Å²) >= 11 is 4.85. The maximum Gasteiger partial charge on any atom is 0.223 e. The van der Waals surface area contributed by atoms with Crippen LogP contribution in [0.3, 0.4) is 0 Å². The van der Waals surface area contributed by atoms with Crippen molar-refractivity contribution in [3.63, 3.8) is 0 Å². The average Bonchev–Trinajstić information content (AvgIpc) is 2.45. The third-order valence-electron chi connectivity index (χ3n) is 2.71. The van der Waals surface area contributed by atoms with E-state index >= 15 is 0 Å². The first-order valence-electron chi connectivity index (χ1n) is 6.02. The van der Waals surface area contributed by atoms with Crippen LogP contribution in [0.15, 0.2) is 41.4 Å². The van der Waals surface area contributed by atoms with Crippen molar-refractivity contribution in [1.82, 2.24) is 9.97 Å². The number of nitrogens with zero attached hydrogens (tertiary/aromatic N) is 2. The molecule has 0 saturated heterocycles. The maximum absolute atomic E-state index is 11.4. The Labute approximate surface area is 128 Å². The highest BCUT2D eigenvalue weighted by Gasteiger charge is 2.06. The lowest BCUT2D eigenvalue weighted by molar-refractivity contribution is 0.602. The Hall–Kier alpha value is -2.06. The summed E-state index contributed by atoms with van der Waals surface area (Å²) in [6, 6.07) is 8.24. The fraction of sp³-hybridized carbons (Fsp3) is 0.154. The van der Waals surface area contributed by atoms with Gasteiger partial charge in [-0.1, -0.05) is 24.4 Å². The van der Waals surface area contributed by atoms with Gasteiger partial charge >= 0.3 is 0 Å². The van der Waals surface area contributed by atoms with Gasteiger partial charge in [-0.05, 0) is 23.8 Å². The second-order valence-corrected chi connectivity index (χ2v) is 6.85. The van der Waals surface area contributed by atoms with Gasteiger partial charge in [-0.2, -0.15) is 0 Å². The fourth-order valence-corrected chi connectivity index (χ4v) is 2.36. The summed E-state index contributed by atoms with van der Waals surface area (Å²) in [5, 5.41) is 3.03. The molecule has 3 N–H and O–H groups in total. The normalized spacial score (nSPS) is 11.1. The maximum atomic E-state index is 11.4. The van der Waals surface area contributed by atoms with E-state index in [1.807, 2.05) is 0 Å². The van der Waals surface area contributed by atoms with Gasteiger partial charge in [0.25, 0.3) is 0 Å². The second-order valence-electron chi connectivity index (χ2n) is 4.40. The van der Waals surface area contributed by atoms with Crippen molar-refractivity contribution in [2.24, 2.45) is 5.73 Å². The standard InChI is InChI=1S/C13H14N4O2S2/c1-21(18,19)10-4-2-9(3-5-10)8-16-13-15-7-6-11(17-13)12(14)20/h2-7H,8H2,1H3,(H2,14,20)(H,15,16,17). The minimum Gasteiger partial charge on any atom is -0.388 e. The van der Waals surface area contributed by atoms with Crippen LogP contribution in [0.5, 0.6) is 0 Å². The molecular weight excluding hydrogens is 308 g/mol. The first-order valence-corrected chi connectivity index (χ1v) is 8.32. The van der Waals surface area contributed by atoms with E-state index in [4.69, 9.17) is 18.0 Å². The minimum atomic E-state index is -3.18. The van der Waals surface area contributed by atoms with Crippen molar-refractivity contribution in [2.45, 2.75) is 11.4 Å². The zero-order chi connectivity index (χ0) is 15.5. The summed E-state index contributed by atoms with van der Waals surface area (Å²) in [4.78, 5) is 8.72. The zero-order valence-corrected chi connectivity index (χ0v) is 12.9. The van der Waals surface area contributed by atoms with Crippen molar-refractivity contribution in [1.29, 1.82) is 0 Å². The van der Waals surface area contributed by atoms with Crippen molar-refractivity contribution in [2.75, 3.05) is 11.6 Å². The molecule has 0 unspecified atom stereocenters. The van der Waals surface area contributed by atoms with Crippen LogP contribution in [0.1, 0.15) is 11.3 Å². The smallest absolute Gasteiger partial charge is 0.223 e. The molecule has 21 heavy (non-hydrogen) atoms. The Balaban J connectivity index is 2.06. The molecule has 1 aromatic heterocycles. The van der Waals surface area contributed by atoms with E-state index in [2.05, 4.69) is 15.3 Å². The quantitative estimate of drug-likeness (QED) is 0.796. The van der Waals surface area contributed by atoms with E-state index < -0.39 is 9.84 Å². The highest BCUT2D eigenvalue weighted by atomic mass is 32.2. The Bertz CT molecular complexity index is 758. The van der Waals surface area contributed by atoms with Crippen LogP contribution in [0, 0.1) is 0 Å². The van der Waals surface area contributed by atoms with Gasteiger partial charge in [0.1, 0.15) is 10.7 Å². The van der Waals surface area contributed by atoms with Gasteiger partial charge in [-0.3, -0.25) is 0 Å². The summed E-state index contributed by atoms with van der Waals surface area (Å²) < 4.78 is 22.7. The molecule has 0 aliphatic rings. The molecule has 1 aromatic carbocycles.